The highest BCUT2D eigenvalue weighted by Crippen LogP contribution is 2.30. The molecule has 4 amide bonds. The number of ether oxygens (including phenoxy) is 1. The van der Waals surface area contributed by atoms with Crippen LogP contribution in [0.25, 0.3) is 0 Å². The summed E-state index contributed by atoms with van der Waals surface area (Å²) in [5, 5.41) is 15.9. The zero-order chi connectivity index (χ0) is 31.2. The van der Waals surface area contributed by atoms with E-state index in [0.717, 1.165) is 11.1 Å². The third-order valence-corrected chi connectivity index (χ3v) is 7.75. The number of esters is 1. The summed E-state index contributed by atoms with van der Waals surface area (Å²) in [6, 6.07) is 21.5. The van der Waals surface area contributed by atoms with Crippen molar-refractivity contribution in [2.45, 2.75) is 31.7 Å². The van der Waals surface area contributed by atoms with Gasteiger partial charge in [0.1, 0.15) is 18.0 Å². The molecule has 0 spiro atoms. The van der Waals surface area contributed by atoms with Gasteiger partial charge in [0, 0.05) is 26.1 Å². The number of phenolic OH excluding ortho intramolecular Hbond substituents is 1. The normalized spacial score (nSPS) is 18.5. The molecular weight excluding hydrogens is 562 g/mol. The molecule has 44 heavy (non-hydrogen) atoms. The first-order chi connectivity index (χ1) is 21.3. The van der Waals surface area contributed by atoms with E-state index < -0.39 is 24.2 Å². The number of aromatic hydroxyl groups is 1. The van der Waals surface area contributed by atoms with Gasteiger partial charge in [-0.2, -0.15) is 0 Å². The number of piperazine rings is 1. The maximum Gasteiger partial charge on any atom is 0.337 e. The Labute approximate surface area is 255 Å². The first kappa shape index (κ1) is 30.3. The van der Waals surface area contributed by atoms with E-state index in [4.69, 9.17) is 4.74 Å². The highest BCUT2D eigenvalue weighted by atomic mass is 16.5. The number of hydrazine groups is 1. The van der Waals surface area contributed by atoms with E-state index in [-0.39, 0.29) is 56.7 Å². The van der Waals surface area contributed by atoms with Crippen molar-refractivity contribution in [1.82, 2.24) is 25.1 Å². The number of benzene rings is 3. The third kappa shape index (κ3) is 6.57. The van der Waals surface area contributed by atoms with Gasteiger partial charge in [-0.1, -0.05) is 60.7 Å². The third-order valence-electron chi connectivity index (χ3n) is 7.75. The van der Waals surface area contributed by atoms with Crippen molar-refractivity contribution in [2.24, 2.45) is 0 Å². The van der Waals surface area contributed by atoms with Gasteiger partial charge in [-0.05, 0) is 41.0 Å². The summed E-state index contributed by atoms with van der Waals surface area (Å²) in [5.74, 6) is -0.974. The van der Waals surface area contributed by atoms with E-state index in [2.05, 4.69) is 11.9 Å². The van der Waals surface area contributed by atoms with E-state index >= 15 is 0 Å². The van der Waals surface area contributed by atoms with E-state index in [9.17, 15) is 24.3 Å². The number of amides is 4. The van der Waals surface area contributed by atoms with Crippen LogP contribution in [0.2, 0.25) is 0 Å². The monoisotopic (exact) mass is 597 g/mol. The molecule has 0 bridgehead atoms. The number of nitrogens with zero attached hydrogens (tertiary/aromatic N) is 4. The number of phenols is 1. The molecule has 2 aliphatic heterocycles. The van der Waals surface area contributed by atoms with Gasteiger partial charge in [0.05, 0.1) is 25.8 Å². The highest BCUT2D eigenvalue weighted by Gasteiger charge is 2.51. The minimum Gasteiger partial charge on any atom is -0.508 e. The number of carbonyl (C=O) groups is 4. The van der Waals surface area contributed by atoms with Crippen molar-refractivity contribution in [1.29, 1.82) is 0 Å². The molecule has 3 aromatic carbocycles. The topological polar surface area (TPSA) is 123 Å². The van der Waals surface area contributed by atoms with Crippen LogP contribution in [0, 0.1) is 0 Å². The second kappa shape index (κ2) is 13.4. The smallest absolute Gasteiger partial charge is 0.337 e. The fraction of sp³-hybridized carbons (Fsp3) is 0.273. The van der Waals surface area contributed by atoms with Crippen LogP contribution in [-0.2, 0) is 33.8 Å². The summed E-state index contributed by atoms with van der Waals surface area (Å²) in [6.07, 6.45) is 0.995. The first-order valence-corrected chi connectivity index (χ1v) is 14.3. The minimum absolute atomic E-state index is 0.0471. The molecule has 2 N–H and O–H groups in total. The number of rotatable bonds is 9. The van der Waals surface area contributed by atoms with Gasteiger partial charge in [0.2, 0.25) is 11.8 Å². The van der Waals surface area contributed by atoms with Crippen molar-refractivity contribution in [3.63, 3.8) is 0 Å². The predicted octanol–water partition coefficient (Wildman–Crippen LogP) is 2.92. The molecule has 2 saturated heterocycles. The minimum atomic E-state index is -0.912. The number of fused-ring (bicyclic) bond motifs is 1. The van der Waals surface area contributed by atoms with Crippen LogP contribution in [0.1, 0.15) is 27.0 Å². The fourth-order valence-electron chi connectivity index (χ4n) is 5.69. The molecule has 2 fully saturated rings. The van der Waals surface area contributed by atoms with Gasteiger partial charge in [-0.25, -0.2) is 19.6 Å². The lowest BCUT2D eigenvalue weighted by atomic mass is 9.98. The molecule has 11 heteroatoms. The highest BCUT2D eigenvalue weighted by molar-refractivity contribution is 5.92. The van der Waals surface area contributed by atoms with Crippen LogP contribution in [-0.4, -0.2) is 87.7 Å². The van der Waals surface area contributed by atoms with Crippen molar-refractivity contribution in [3.8, 4) is 5.75 Å². The van der Waals surface area contributed by atoms with E-state index in [1.807, 2.05) is 30.3 Å². The molecule has 2 atom stereocenters. The second-order valence-electron chi connectivity index (χ2n) is 10.7. The lowest BCUT2D eigenvalue weighted by molar-refractivity contribution is -0.189. The van der Waals surface area contributed by atoms with Gasteiger partial charge < -0.3 is 25.0 Å². The van der Waals surface area contributed by atoms with Crippen molar-refractivity contribution < 1.29 is 29.0 Å². The summed E-state index contributed by atoms with van der Waals surface area (Å²) in [4.78, 5) is 57.0. The van der Waals surface area contributed by atoms with Gasteiger partial charge >= 0.3 is 12.0 Å². The quantitative estimate of drug-likeness (QED) is 0.287. The number of hydrogen-bond acceptors (Lipinski definition) is 7. The molecule has 0 aliphatic carbocycles. The van der Waals surface area contributed by atoms with Gasteiger partial charge in [-0.15, -0.1) is 6.58 Å². The number of urea groups is 1. The van der Waals surface area contributed by atoms with Crippen LogP contribution in [0.15, 0.2) is 91.5 Å². The van der Waals surface area contributed by atoms with Crippen molar-refractivity contribution >= 4 is 23.8 Å². The Hall–Kier alpha value is -5.16. The van der Waals surface area contributed by atoms with Gasteiger partial charge in [0.15, 0.2) is 0 Å². The Bertz CT molecular complexity index is 1530. The molecular formula is C33H35N5O6. The predicted molar refractivity (Wildman–Crippen MR) is 162 cm³/mol. The summed E-state index contributed by atoms with van der Waals surface area (Å²) in [5.41, 5.74) is 2.71. The van der Waals surface area contributed by atoms with Crippen molar-refractivity contribution in [3.05, 3.63) is 114 Å². The van der Waals surface area contributed by atoms with Crippen LogP contribution in [0.3, 0.4) is 0 Å². The molecule has 0 radical (unpaired) electrons. The zero-order valence-corrected chi connectivity index (χ0v) is 24.5. The number of methoxy groups -OCH3 is 1. The van der Waals surface area contributed by atoms with Crippen LogP contribution < -0.4 is 5.32 Å². The summed E-state index contributed by atoms with van der Waals surface area (Å²) in [6.45, 7) is 4.42. The Morgan fingerprint density at radius 2 is 1.73 bits per heavy atom. The first-order valence-electron chi connectivity index (χ1n) is 14.3. The average molecular weight is 598 g/mol. The van der Waals surface area contributed by atoms with Gasteiger partial charge in [0.25, 0.3) is 0 Å². The molecule has 0 unspecified atom stereocenters. The molecule has 0 saturated carbocycles. The van der Waals surface area contributed by atoms with Crippen LogP contribution in [0.5, 0.6) is 5.75 Å². The summed E-state index contributed by atoms with van der Waals surface area (Å²) in [7, 11) is 1.30. The fourth-order valence-corrected chi connectivity index (χ4v) is 5.69. The van der Waals surface area contributed by atoms with E-state index in [1.54, 1.807) is 52.4 Å². The van der Waals surface area contributed by atoms with E-state index in [0.29, 0.717) is 11.1 Å². The van der Waals surface area contributed by atoms with Gasteiger partial charge in [-0.3, -0.25) is 9.59 Å². The van der Waals surface area contributed by atoms with Crippen LogP contribution >= 0.6 is 0 Å². The average Bonchev–Trinajstić information content (AvgIpc) is 3.03. The molecule has 228 valence electrons. The van der Waals surface area contributed by atoms with Crippen LogP contribution in [0.4, 0.5) is 4.79 Å². The number of hydrogen-bond donors (Lipinski definition) is 2. The molecule has 3 aromatic rings. The Balaban J connectivity index is 1.50. The maximum atomic E-state index is 14.1. The second-order valence-corrected chi connectivity index (χ2v) is 10.7. The SMILES string of the molecule is C=CCN1CC(=O)N2[C@@H](Cc3ccc(O)cc3)C(=O)N(Cc3cccc(C(=O)OC)c3)C[C@@H]2N1C(=O)NCc1ccccc1. The number of carbonyl (C=O) groups excluding carboxylic acids is 4. The summed E-state index contributed by atoms with van der Waals surface area (Å²) < 4.78 is 4.86. The maximum absolute atomic E-state index is 14.1. The van der Waals surface area contributed by atoms with Crippen molar-refractivity contribution in [2.75, 3.05) is 26.7 Å². The molecule has 11 nitrogen and oxygen atoms in total. The molecule has 2 heterocycles. The molecule has 0 aromatic heterocycles. The molecule has 5 rings (SSSR count). The number of nitrogens with one attached hydrogen (secondary N) is 1. The Morgan fingerprint density at radius 3 is 2.43 bits per heavy atom. The zero-order valence-electron chi connectivity index (χ0n) is 24.5. The molecule has 2 aliphatic rings. The lowest BCUT2D eigenvalue weighted by Gasteiger charge is -2.55. The van der Waals surface area contributed by atoms with E-state index in [1.165, 1.54) is 29.2 Å². The lowest BCUT2D eigenvalue weighted by Crippen LogP contribution is -2.76. The standard InChI is InChI=1S/C33H35N5O6/c1-3-16-36-22-30(40)37-28(18-23-12-14-27(39)15-13-23)31(41)35(20-25-10-7-11-26(17-25)32(42)44-2)21-29(37)38(36)33(43)34-19-24-8-5-4-6-9-24/h3-15,17,28-29,39H,1,16,18-22H2,2H3,(H,34,43)/t28-,29-/m0/s1. The summed E-state index contributed by atoms with van der Waals surface area (Å²) >= 11 is 0. The Kier molecular flexibility index (Phi) is 9.25. The Morgan fingerprint density at radius 1 is 1.00 bits per heavy atom. The largest absolute Gasteiger partial charge is 0.508 e.